The molecule has 0 saturated heterocycles. The Morgan fingerprint density at radius 2 is 2.33 bits per heavy atom. The maximum Gasteiger partial charge on any atom is 0.109 e. The molecule has 1 N–H and O–H groups in total. The third kappa shape index (κ3) is 2.22. The van der Waals surface area contributed by atoms with Gasteiger partial charge in [0.25, 0.3) is 0 Å². The van der Waals surface area contributed by atoms with Gasteiger partial charge in [0.1, 0.15) is 5.82 Å². The molecule has 2 aromatic rings. The average Bonchev–Trinajstić information content (AvgIpc) is 2.81. The molecule has 0 bridgehead atoms. The first-order valence-electron chi connectivity index (χ1n) is 6.19. The lowest BCUT2D eigenvalue weighted by molar-refractivity contribution is 0.199. The van der Waals surface area contributed by atoms with Crippen molar-refractivity contribution in [2.45, 2.75) is 19.4 Å². The van der Waals surface area contributed by atoms with Gasteiger partial charge in [-0.2, -0.15) is 0 Å². The Balaban J connectivity index is 1.94. The number of aryl methyl sites for hydroxylation is 1. The molecule has 0 fully saturated rings. The molecule has 1 aromatic carbocycles. The lowest BCUT2D eigenvalue weighted by Gasteiger charge is -2.20. The zero-order chi connectivity index (χ0) is 12.5. The van der Waals surface area contributed by atoms with Crippen LogP contribution in [0.5, 0.6) is 0 Å². The van der Waals surface area contributed by atoms with Crippen LogP contribution in [0.2, 0.25) is 0 Å². The van der Waals surface area contributed by atoms with E-state index in [0.29, 0.717) is 5.92 Å². The molecule has 4 heteroatoms. The van der Waals surface area contributed by atoms with Crippen LogP contribution in [0.3, 0.4) is 0 Å². The van der Waals surface area contributed by atoms with Gasteiger partial charge in [-0.25, -0.2) is 4.98 Å². The van der Waals surface area contributed by atoms with E-state index in [1.54, 1.807) is 0 Å². The lowest BCUT2D eigenvalue weighted by atomic mass is 9.99. The summed E-state index contributed by atoms with van der Waals surface area (Å²) in [6.07, 6.45) is 4.03. The van der Waals surface area contributed by atoms with E-state index >= 15 is 0 Å². The fourth-order valence-electron chi connectivity index (χ4n) is 2.44. The topological polar surface area (TPSA) is 38.0 Å². The van der Waals surface area contributed by atoms with Crippen LogP contribution in [0.4, 0.5) is 0 Å². The van der Waals surface area contributed by atoms with Gasteiger partial charge in [0.05, 0.1) is 5.69 Å². The number of aromatic nitrogens is 2. The van der Waals surface area contributed by atoms with E-state index < -0.39 is 0 Å². The van der Waals surface area contributed by atoms with Crippen molar-refractivity contribution in [3.63, 3.8) is 0 Å². The van der Waals surface area contributed by atoms with Crippen LogP contribution >= 0.6 is 15.9 Å². The molecule has 0 spiro atoms. The van der Waals surface area contributed by atoms with Crippen molar-refractivity contribution in [2.75, 3.05) is 6.61 Å². The van der Waals surface area contributed by atoms with E-state index in [-0.39, 0.29) is 6.61 Å². The first-order valence-corrected chi connectivity index (χ1v) is 6.98. The summed E-state index contributed by atoms with van der Waals surface area (Å²) in [7, 11) is 0. The molecule has 0 saturated carbocycles. The highest BCUT2D eigenvalue weighted by molar-refractivity contribution is 9.10. The van der Waals surface area contributed by atoms with Gasteiger partial charge in [-0.05, 0) is 24.5 Å². The number of rotatable bonds is 2. The quantitative estimate of drug-likeness (QED) is 0.926. The molecule has 3 nitrogen and oxygen atoms in total. The van der Waals surface area contributed by atoms with Crippen LogP contribution in [0, 0.1) is 5.92 Å². The van der Waals surface area contributed by atoms with Crippen LogP contribution < -0.4 is 0 Å². The SMILES string of the molecule is OCC1CCn2cc(-c3cccc(Br)c3)nc2C1. The first-order chi connectivity index (χ1) is 8.76. The van der Waals surface area contributed by atoms with Crippen molar-refractivity contribution < 1.29 is 5.11 Å². The van der Waals surface area contributed by atoms with Crippen LogP contribution in [0.1, 0.15) is 12.2 Å². The maximum absolute atomic E-state index is 9.23. The van der Waals surface area contributed by atoms with Gasteiger partial charge < -0.3 is 9.67 Å². The number of imidazole rings is 1. The molecule has 1 aromatic heterocycles. The molecule has 3 rings (SSSR count). The predicted octanol–water partition coefficient (Wildman–Crippen LogP) is 2.87. The van der Waals surface area contributed by atoms with Crippen molar-refractivity contribution in [3.8, 4) is 11.3 Å². The standard InChI is InChI=1S/C14H15BrN2O/c15-12-3-1-2-11(7-12)13-8-17-5-4-10(9-18)6-14(17)16-13/h1-3,7-8,10,18H,4-6,9H2. The number of hydrogen-bond donors (Lipinski definition) is 1. The monoisotopic (exact) mass is 306 g/mol. The molecule has 1 unspecified atom stereocenters. The Bertz CT molecular complexity index is 565. The fourth-order valence-corrected chi connectivity index (χ4v) is 2.83. The number of hydrogen-bond acceptors (Lipinski definition) is 2. The Morgan fingerprint density at radius 3 is 3.11 bits per heavy atom. The zero-order valence-electron chi connectivity index (χ0n) is 10.0. The molecule has 0 aliphatic carbocycles. The summed E-state index contributed by atoms with van der Waals surface area (Å²) in [6.45, 7) is 1.22. The molecule has 1 aliphatic heterocycles. The molecule has 2 heterocycles. The van der Waals surface area contributed by atoms with Gasteiger partial charge in [0.15, 0.2) is 0 Å². The minimum atomic E-state index is 0.263. The summed E-state index contributed by atoms with van der Waals surface area (Å²) in [5.74, 6) is 1.46. The molecular formula is C14H15BrN2O. The third-order valence-corrected chi connectivity index (χ3v) is 3.98. The van der Waals surface area contributed by atoms with Crippen molar-refractivity contribution in [2.24, 2.45) is 5.92 Å². The zero-order valence-corrected chi connectivity index (χ0v) is 11.6. The number of halogens is 1. The lowest BCUT2D eigenvalue weighted by Crippen LogP contribution is -2.21. The fraction of sp³-hybridized carbons (Fsp3) is 0.357. The Kier molecular flexibility index (Phi) is 3.22. The van der Waals surface area contributed by atoms with Crippen LogP contribution in [0.15, 0.2) is 34.9 Å². The largest absolute Gasteiger partial charge is 0.396 e. The van der Waals surface area contributed by atoms with E-state index in [9.17, 15) is 5.11 Å². The molecule has 0 radical (unpaired) electrons. The van der Waals surface area contributed by atoms with Gasteiger partial charge in [-0.1, -0.05) is 28.1 Å². The van der Waals surface area contributed by atoms with Crippen LogP contribution in [0.25, 0.3) is 11.3 Å². The Hall–Kier alpha value is -1.13. The average molecular weight is 307 g/mol. The van der Waals surface area contributed by atoms with Crippen LogP contribution in [-0.2, 0) is 13.0 Å². The third-order valence-electron chi connectivity index (χ3n) is 3.49. The summed E-state index contributed by atoms with van der Waals surface area (Å²) in [5.41, 5.74) is 2.15. The highest BCUT2D eigenvalue weighted by atomic mass is 79.9. The van der Waals surface area contributed by atoms with Gasteiger partial charge in [-0.15, -0.1) is 0 Å². The second-order valence-electron chi connectivity index (χ2n) is 4.79. The van der Waals surface area contributed by atoms with E-state index in [0.717, 1.165) is 40.9 Å². The van der Waals surface area contributed by atoms with Crippen molar-refractivity contribution in [3.05, 3.63) is 40.8 Å². The number of nitrogens with zero attached hydrogens (tertiary/aromatic N) is 2. The molecule has 94 valence electrons. The molecule has 1 aliphatic rings. The highest BCUT2D eigenvalue weighted by Gasteiger charge is 2.20. The molecule has 1 atom stereocenters. The minimum Gasteiger partial charge on any atom is -0.396 e. The maximum atomic E-state index is 9.23. The van der Waals surface area contributed by atoms with Gasteiger partial charge in [-0.3, -0.25) is 0 Å². The summed E-state index contributed by atoms with van der Waals surface area (Å²) >= 11 is 3.48. The number of aliphatic hydroxyl groups excluding tert-OH is 1. The van der Waals surface area contributed by atoms with Gasteiger partial charge >= 0.3 is 0 Å². The highest BCUT2D eigenvalue weighted by Crippen LogP contribution is 2.26. The van der Waals surface area contributed by atoms with E-state index in [1.165, 1.54) is 0 Å². The number of benzene rings is 1. The van der Waals surface area contributed by atoms with Crippen molar-refractivity contribution >= 4 is 15.9 Å². The molecule has 0 amide bonds. The number of aliphatic hydroxyl groups is 1. The van der Waals surface area contributed by atoms with E-state index in [1.807, 2.05) is 12.1 Å². The summed E-state index contributed by atoms with van der Waals surface area (Å²) in [5, 5.41) is 9.23. The molecule has 18 heavy (non-hydrogen) atoms. The second-order valence-corrected chi connectivity index (χ2v) is 5.70. The second kappa shape index (κ2) is 4.86. The van der Waals surface area contributed by atoms with Crippen molar-refractivity contribution in [1.29, 1.82) is 0 Å². The van der Waals surface area contributed by atoms with Crippen LogP contribution in [-0.4, -0.2) is 21.3 Å². The van der Waals surface area contributed by atoms with Gasteiger partial charge in [0, 0.05) is 35.8 Å². The Morgan fingerprint density at radius 1 is 1.44 bits per heavy atom. The normalized spacial score (nSPS) is 18.7. The van der Waals surface area contributed by atoms with Gasteiger partial charge in [0.2, 0.25) is 0 Å². The molecular weight excluding hydrogens is 292 g/mol. The predicted molar refractivity (Wildman–Crippen MR) is 74.3 cm³/mol. The van der Waals surface area contributed by atoms with Crippen molar-refractivity contribution in [1.82, 2.24) is 9.55 Å². The van der Waals surface area contributed by atoms with E-state index in [4.69, 9.17) is 4.98 Å². The smallest absolute Gasteiger partial charge is 0.109 e. The summed E-state index contributed by atoms with van der Waals surface area (Å²) in [6, 6.07) is 8.19. The first kappa shape index (κ1) is 11.9. The summed E-state index contributed by atoms with van der Waals surface area (Å²) < 4.78 is 3.28. The number of fused-ring (bicyclic) bond motifs is 1. The Labute approximate surface area is 115 Å². The summed E-state index contributed by atoms with van der Waals surface area (Å²) in [4.78, 5) is 4.69. The minimum absolute atomic E-state index is 0.263. The van der Waals surface area contributed by atoms with E-state index in [2.05, 4.69) is 38.8 Å².